The molecule has 0 saturated carbocycles. The van der Waals surface area contributed by atoms with E-state index in [-0.39, 0.29) is 68.0 Å². The lowest BCUT2D eigenvalue weighted by molar-refractivity contribution is -0.122. The maximum Gasteiger partial charge on any atom is 0.224 e. The van der Waals surface area contributed by atoms with Crippen molar-refractivity contribution in [1.82, 2.24) is 5.32 Å². The van der Waals surface area contributed by atoms with Gasteiger partial charge in [-0.25, -0.2) is 0 Å². The van der Waals surface area contributed by atoms with Crippen LogP contribution in [0.2, 0.25) is 0 Å². The predicted octanol–water partition coefficient (Wildman–Crippen LogP) is 20.7. The van der Waals surface area contributed by atoms with Gasteiger partial charge in [-0.15, -0.1) is 0 Å². The monoisotopic (exact) mass is 1400 g/mol. The molecule has 14 N–H and O–H groups in total. The van der Waals surface area contributed by atoms with Gasteiger partial charge in [-0.1, -0.05) is 269 Å². The summed E-state index contributed by atoms with van der Waals surface area (Å²) in [6, 6.07) is 38.0. The molecule has 0 aromatic heterocycles. The third-order valence-electron chi connectivity index (χ3n) is 22.3. The molecule has 104 heavy (non-hydrogen) atoms. The molecule has 0 fully saturated rings. The molecule has 2 amide bonds. The topological polar surface area (TPSA) is 214 Å². The predicted molar refractivity (Wildman–Crippen MR) is 444 cm³/mol. The largest absolute Gasteiger partial charge is 0.398 e. The van der Waals surface area contributed by atoms with Gasteiger partial charge in [-0.3, -0.25) is 9.59 Å². The fourth-order valence-corrected chi connectivity index (χ4v) is 14.9. The average molecular weight is 1400 g/mol. The first-order chi connectivity index (χ1) is 47.8. The number of benzene rings is 8. The number of carbonyl (C=O) groups excluding carboxylic acids is 2. The molecule has 0 saturated heterocycles. The van der Waals surface area contributed by atoms with E-state index in [0.29, 0.717) is 63.5 Å². The molecule has 2 aliphatic carbocycles. The molecule has 0 heterocycles. The van der Waals surface area contributed by atoms with Gasteiger partial charge in [-0.05, 0) is 191 Å². The van der Waals surface area contributed by atoms with E-state index in [9.17, 15) is 0 Å². The second-order valence-corrected chi connectivity index (χ2v) is 39.3. The highest BCUT2D eigenvalue weighted by Gasteiger charge is 2.33. The zero-order valence-electron chi connectivity index (χ0n) is 68.0. The Morgan fingerprint density at radius 2 is 0.519 bits per heavy atom. The second-order valence-electron chi connectivity index (χ2n) is 39.3. The van der Waals surface area contributed by atoms with E-state index in [0.717, 1.165) is 140 Å². The molecule has 8 aromatic carbocycles. The van der Waals surface area contributed by atoms with Gasteiger partial charge in [0.25, 0.3) is 0 Å². The van der Waals surface area contributed by atoms with E-state index in [2.05, 4.69) is 280 Å². The average Bonchev–Trinajstić information content (AvgIpc) is 0.767. The Balaban J connectivity index is 1.04. The first-order valence-corrected chi connectivity index (χ1v) is 38.2. The highest BCUT2D eigenvalue weighted by molar-refractivity contribution is 5.93. The minimum atomic E-state index is -0.646. The molecule has 10 rings (SSSR count). The molecular weight excluding hydrogens is 1270 g/mol. The van der Waals surface area contributed by atoms with E-state index in [1.54, 1.807) is 0 Å². The quantitative estimate of drug-likeness (QED) is 0.0566. The molecule has 10 heteroatoms. The number of fused-ring (bicyclic) bond motifs is 16. The first-order valence-electron chi connectivity index (χ1n) is 38.2. The van der Waals surface area contributed by atoms with Crippen molar-refractivity contribution in [2.45, 2.75) is 286 Å². The summed E-state index contributed by atoms with van der Waals surface area (Å²) >= 11 is 0. The van der Waals surface area contributed by atoms with Crippen molar-refractivity contribution in [3.8, 4) is 0 Å². The van der Waals surface area contributed by atoms with Crippen LogP contribution in [-0.2, 0) is 97.9 Å². The van der Waals surface area contributed by atoms with Crippen LogP contribution in [-0.4, -0.2) is 11.8 Å². The molecule has 16 bridgehead atoms. The van der Waals surface area contributed by atoms with Crippen LogP contribution in [0.25, 0.3) is 0 Å². The minimum absolute atomic E-state index is 0.131. The van der Waals surface area contributed by atoms with Crippen LogP contribution in [0.4, 0.5) is 39.8 Å². The molecule has 10 nitrogen and oxygen atoms in total. The van der Waals surface area contributed by atoms with Crippen molar-refractivity contribution >= 4 is 51.6 Å². The van der Waals surface area contributed by atoms with Crippen molar-refractivity contribution in [3.05, 3.63) is 237 Å². The molecule has 8 aromatic rings. The summed E-state index contributed by atoms with van der Waals surface area (Å²) in [6.07, 6.45) is 4.94. The normalized spacial score (nSPS) is 14.8. The summed E-state index contributed by atoms with van der Waals surface area (Å²) in [6.45, 7) is 53.9. The Hall–Kier alpha value is -8.50. The van der Waals surface area contributed by atoms with Crippen molar-refractivity contribution in [3.63, 3.8) is 0 Å². The van der Waals surface area contributed by atoms with E-state index < -0.39 is 6.04 Å². The van der Waals surface area contributed by atoms with Gasteiger partial charge in [-0.2, -0.15) is 0 Å². The first kappa shape index (κ1) is 78.1. The van der Waals surface area contributed by atoms with E-state index in [1.807, 2.05) is 0 Å². The number of nitrogens with two attached hydrogens (primary N) is 6. The highest BCUT2D eigenvalue weighted by atomic mass is 16.2. The zero-order valence-corrected chi connectivity index (χ0v) is 68.0. The number of nitrogen functional groups attached to an aromatic ring is 6. The van der Waals surface area contributed by atoms with Gasteiger partial charge in [0, 0.05) is 96.7 Å². The van der Waals surface area contributed by atoms with Crippen molar-refractivity contribution in [1.29, 1.82) is 0 Å². The molecule has 0 aliphatic heterocycles. The highest BCUT2D eigenvalue weighted by Crippen LogP contribution is 2.45. The maximum absolute atomic E-state index is 15.3. The minimum Gasteiger partial charge on any atom is -0.398 e. The Bertz CT molecular complexity index is 4540. The lowest BCUT2D eigenvalue weighted by atomic mass is 9.78. The summed E-state index contributed by atoms with van der Waals surface area (Å²) in [5.74, 6) is -0.266. The summed E-state index contributed by atoms with van der Waals surface area (Å²) in [5.41, 5.74) is 73.7. The summed E-state index contributed by atoms with van der Waals surface area (Å²) in [4.78, 5) is 30.4. The molecule has 0 spiro atoms. The van der Waals surface area contributed by atoms with Gasteiger partial charge >= 0.3 is 0 Å². The lowest BCUT2D eigenvalue weighted by Gasteiger charge is -2.30. The smallest absolute Gasteiger partial charge is 0.224 e. The number of hydrogen-bond acceptors (Lipinski definition) is 8. The Kier molecular flexibility index (Phi) is 21.1. The number of hydrogen-bond donors (Lipinski definition) is 8. The molecular formula is C94H126N8O2. The third-order valence-corrected chi connectivity index (χ3v) is 22.3. The zero-order chi connectivity index (χ0) is 76.8. The molecule has 1 atom stereocenters. The van der Waals surface area contributed by atoms with Gasteiger partial charge in [0.15, 0.2) is 0 Å². The van der Waals surface area contributed by atoms with Crippen LogP contribution in [0.3, 0.4) is 0 Å². The van der Waals surface area contributed by atoms with Crippen LogP contribution in [0, 0.1) is 0 Å². The van der Waals surface area contributed by atoms with Crippen LogP contribution >= 0.6 is 0 Å². The number of anilines is 7. The van der Waals surface area contributed by atoms with Crippen molar-refractivity contribution in [2.75, 3.05) is 39.7 Å². The fraction of sp³-hybridized carbons (Fsp3) is 0.468. The standard InChI is InChI=1S/C94H126N8O2/c1-87(2,3)68-31-53-29-54-38-69(88(4,5)6)39-55(79(54)95)32-56-40-71(90(10,11)12)45-61(81(56)97)35-64-48-75(94(22,23)24)52-76(84(64)100)86(65(30-53)49-68)102-78(104)28-26-25-27-77(103)101-85-66-36-62-46-72(91(13,14)15)43-59(82(62)98)33-57-41-70(89(7,8)9)42-58(80(57)96)34-60-44-73(92(16,17)18)47-63(83(60)99)37-67(85)51-74(50-66)93(19,20)21/h30-31,38-52,86H,25-29,32-37,95-100H2,1-24H3,(H,101,103)(H,102,104). The Morgan fingerprint density at radius 3 is 0.808 bits per heavy atom. The second kappa shape index (κ2) is 28.1. The summed E-state index contributed by atoms with van der Waals surface area (Å²) in [5, 5.41) is 7.17. The van der Waals surface area contributed by atoms with Gasteiger partial charge in [0.05, 0.1) is 6.04 Å². The number of carbonyl (C=O) groups is 2. The summed E-state index contributed by atoms with van der Waals surface area (Å²) < 4.78 is 0. The SMILES string of the molecule is CC(C)(C)c1cc2cc(c1)C(NC(=O)CCCCC(=O)Nc1c3cc(C(C)(C)C)cc1Cc1cc(C(C)(C)C)cc(c1N)Cc1cc(C(C)(C)C)cc(c1N)Cc1cc(C(C)(C)C)cc(c1N)C3)c1cc(C(C)(C)C)cc(c1N)Cc1cc(C(C)(C)C)cc(c1N)Cc1cc(C(C)(C)C)cc(c1N)C2. The Morgan fingerprint density at radius 1 is 0.288 bits per heavy atom. The van der Waals surface area contributed by atoms with Crippen molar-refractivity contribution in [2.24, 2.45) is 0 Å². The fourth-order valence-electron chi connectivity index (χ4n) is 14.9. The van der Waals surface area contributed by atoms with Crippen molar-refractivity contribution < 1.29 is 9.59 Å². The van der Waals surface area contributed by atoms with E-state index in [1.165, 1.54) is 27.8 Å². The number of unbranched alkanes of at least 4 members (excludes halogenated alkanes) is 1. The number of nitrogens with one attached hydrogen (secondary N) is 2. The van der Waals surface area contributed by atoms with E-state index >= 15 is 9.59 Å². The molecule has 554 valence electrons. The van der Waals surface area contributed by atoms with Crippen LogP contribution in [0.1, 0.15) is 331 Å². The number of amides is 2. The van der Waals surface area contributed by atoms with Crippen LogP contribution in [0.5, 0.6) is 0 Å². The van der Waals surface area contributed by atoms with Gasteiger partial charge < -0.3 is 45.0 Å². The van der Waals surface area contributed by atoms with Crippen LogP contribution in [0.15, 0.2) is 103 Å². The molecule has 1 unspecified atom stereocenters. The molecule has 0 radical (unpaired) electrons. The van der Waals surface area contributed by atoms with Gasteiger partial charge in [0.2, 0.25) is 11.8 Å². The summed E-state index contributed by atoms with van der Waals surface area (Å²) in [7, 11) is 0. The molecule has 2 aliphatic rings. The van der Waals surface area contributed by atoms with Crippen LogP contribution < -0.4 is 45.0 Å². The number of rotatable bonds is 7. The maximum atomic E-state index is 15.3. The van der Waals surface area contributed by atoms with E-state index in [4.69, 9.17) is 34.4 Å². The Labute approximate surface area is 625 Å². The lowest BCUT2D eigenvalue weighted by Crippen LogP contribution is -2.31. The third kappa shape index (κ3) is 17.4. The van der Waals surface area contributed by atoms with Gasteiger partial charge in [0.1, 0.15) is 0 Å².